The third-order valence-corrected chi connectivity index (χ3v) is 7.18. The van der Waals surface area contributed by atoms with Gasteiger partial charge in [0.25, 0.3) is 0 Å². The van der Waals surface area contributed by atoms with Crippen LogP contribution in [0.15, 0.2) is 60.5 Å². The lowest BCUT2D eigenvalue weighted by atomic mass is 10.1. The van der Waals surface area contributed by atoms with Gasteiger partial charge in [-0.3, -0.25) is 4.90 Å². The molecule has 0 atom stereocenters. The second kappa shape index (κ2) is 12.5. The monoisotopic (exact) mass is 534 g/mol. The van der Waals surface area contributed by atoms with Crippen LogP contribution in [0.5, 0.6) is 11.5 Å². The van der Waals surface area contributed by atoms with Crippen molar-refractivity contribution in [3.63, 3.8) is 0 Å². The maximum atomic E-state index is 6.17. The van der Waals surface area contributed by atoms with Gasteiger partial charge in [0.15, 0.2) is 11.5 Å². The van der Waals surface area contributed by atoms with Crippen molar-refractivity contribution in [2.45, 2.75) is 13.3 Å². The van der Waals surface area contributed by atoms with Crippen LogP contribution in [0, 0.1) is 6.92 Å². The van der Waals surface area contributed by atoms with Crippen molar-refractivity contribution in [3.05, 3.63) is 66.1 Å². The van der Waals surface area contributed by atoms with Crippen LogP contribution in [0.1, 0.15) is 12.0 Å². The molecule has 0 bridgehead atoms. The van der Waals surface area contributed by atoms with E-state index in [4.69, 9.17) is 9.47 Å². The number of nitrogens with zero attached hydrogens (tertiary/aromatic N) is 4. The fraction of sp³-hybridized carbons (Fsp3) is 0.346. The lowest BCUT2D eigenvalue weighted by Gasteiger charge is -2.36. The molecule has 4 aromatic rings. The highest BCUT2D eigenvalue weighted by atomic mass is 35.5. The summed E-state index contributed by atoms with van der Waals surface area (Å²) in [6.45, 7) is 8.09. The molecule has 0 saturated carbocycles. The summed E-state index contributed by atoms with van der Waals surface area (Å²) in [4.78, 5) is 9.19. The number of piperazine rings is 1. The Kier molecular flexibility index (Phi) is 9.69. The van der Waals surface area contributed by atoms with Gasteiger partial charge in [0.1, 0.15) is 0 Å². The smallest absolute Gasteiger partial charge is 0.164 e. The Morgan fingerprint density at radius 1 is 1.06 bits per heavy atom. The standard InChI is InChI=1S/C26H30N4O2S.2ClH/c1-20-17-21(30-10-8-27-19-30)18-24(31-2)26(20)32-15-4-9-28-11-13-29(14-12-28)23-5-3-6-25-22(23)7-16-33-25;;/h3,5-8,10,16-19H,4,9,11-15H2,1-2H3;2*1H. The normalized spacial score (nSPS) is 13.8. The van der Waals surface area contributed by atoms with Crippen LogP contribution in [0.4, 0.5) is 5.69 Å². The van der Waals surface area contributed by atoms with Crippen molar-refractivity contribution in [2.75, 3.05) is 51.3 Å². The molecular weight excluding hydrogens is 503 g/mol. The van der Waals surface area contributed by atoms with E-state index < -0.39 is 0 Å². The summed E-state index contributed by atoms with van der Waals surface area (Å²) in [7, 11) is 1.69. The van der Waals surface area contributed by atoms with Gasteiger partial charge >= 0.3 is 0 Å². The Morgan fingerprint density at radius 2 is 1.89 bits per heavy atom. The minimum Gasteiger partial charge on any atom is -0.493 e. The van der Waals surface area contributed by atoms with Crippen LogP contribution in [-0.2, 0) is 0 Å². The third-order valence-electron chi connectivity index (χ3n) is 6.30. The number of aryl methyl sites for hydroxylation is 1. The van der Waals surface area contributed by atoms with Crippen LogP contribution < -0.4 is 14.4 Å². The number of benzene rings is 2. The Hall–Kier alpha value is -2.45. The number of halogens is 2. The first-order valence-corrected chi connectivity index (χ1v) is 12.3. The van der Waals surface area contributed by atoms with Gasteiger partial charge in [0.2, 0.25) is 0 Å². The van der Waals surface area contributed by atoms with E-state index in [0.29, 0.717) is 6.61 Å². The molecule has 2 aromatic carbocycles. The highest BCUT2D eigenvalue weighted by Gasteiger charge is 2.19. The number of anilines is 1. The van der Waals surface area contributed by atoms with Gasteiger partial charge in [-0.05, 0) is 48.6 Å². The van der Waals surface area contributed by atoms with E-state index in [2.05, 4.69) is 57.4 Å². The van der Waals surface area contributed by atoms with Gasteiger partial charge in [-0.2, -0.15) is 0 Å². The largest absolute Gasteiger partial charge is 0.493 e. The molecule has 1 aliphatic rings. The van der Waals surface area contributed by atoms with E-state index in [1.807, 2.05) is 28.2 Å². The van der Waals surface area contributed by atoms with E-state index in [9.17, 15) is 0 Å². The van der Waals surface area contributed by atoms with Crippen molar-refractivity contribution >= 4 is 51.9 Å². The lowest BCUT2D eigenvalue weighted by molar-refractivity contribution is 0.221. The minimum atomic E-state index is 0. The zero-order valence-electron chi connectivity index (χ0n) is 20.1. The first-order valence-electron chi connectivity index (χ1n) is 11.5. The number of fused-ring (bicyclic) bond motifs is 1. The maximum absolute atomic E-state index is 6.17. The number of ether oxygens (including phenoxy) is 2. The molecule has 2 aromatic heterocycles. The number of thiophene rings is 1. The number of imidazole rings is 1. The van der Waals surface area contributed by atoms with Crippen molar-refractivity contribution in [1.82, 2.24) is 14.5 Å². The van der Waals surface area contributed by atoms with Crippen molar-refractivity contribution in [2.24, 2.45) is 0 Å². The molecule has 3 heterocycles. The Labute approximate surface area is 223 Å². The quantitative estimate of drug-likeness (QED) is 0.265. The number of rotatable bonds is 8. The molecule has 0 unspecified atom stereocenters. The van der Waals surface area contributed by atoms with Gasteiger partial charge in [-0.1, -0.05) is 6.07 Å². The van der Waals surface area contributed by atoms with E-state index in [1.54, 1.807) is 19.6 Å². The fourth-order valence-electron chi connectivity index (χ4n) is 4.55. The summed E-state index contributed by atoms with van der Waals surface area (Å²) >= 11 is 1.82. The second-order valence-electron chi connectivity index (χ2n) is 8.40. The third kappa shape index (κ3) is 6.04. The molecule has 188 valence electrons. The number of hydrogen-bond donors (Lipinski definition) is 0. The molecule has 0 spiro atoms. The van der Waals surface area contributed by atoms with E-state index in [0.717, 1.165) is 61.9 Å². The molecule has 35 heavy (non-hydrogen) atoms. The Morgan fingerprint density at radius 3 is 2.63 bits per heavy atom. The molecule has 6 nitrogen and oxygen atoms in total. The number of aromatic nitrogens is 2. The molecule has 1 fully saturated rings. The van der Waals surface area contributed by atoms with Gasteiger partial charge in [-0.15, -0.1) is 36.2 Å². The predicted molar refractivity (Wildman–Crippen MR) is 150 cm³/mol. The average molecular weight is 536 g/mol. The molecule has 1 aliphatic heterocycles. The lowest BCUT2D eigenvalue weighted by Crippen LogP contribution is -2.46. The Balaban J connectivity index is 0.00000171. The topological polar surface area (TPSA) is 42.8 Å². The first kappa shape index (κ1) is 27.1. The number of hydrogen-bond acceptors (Lipinski definition) is 6. The molecule has 5 rings (SSSR count). The molecule has 9 heteroatoms. The highest BCUT2D eigenvalue weighted by Crippen LogP contribution is 2.34. The summed E-state index contributed by atoms with van der Waals surface area (Å²) in [6, 6.07) is 13.0. The van der Waals surface area contributed by atoms with E-state index in [-0.39, 0.29) is 24.8 Å². The zero-order chi connectivity index (χ0) is 22.6. The highest BCUT2D eigenvalue weighted by molar-refractivity contribution is 7.17. The maximum Gasteiger partial charge on any atom is 0.164 e. The van der Waals surface area contributed by atoms with Crippen LogP contribution in [0.25, 0.3) is 15.8 Å². The molecular formula is C26H32Cl2N4O2S. The SMILES string of the molecule is COc1cc(-n2ccnc2)cc(C)c1OCCCN1CCN(c2cccc3sccc23)CC1.Cl.Cl. The van der Waals surface area contributed by atoms with E-state index in [1.165, 1.54) is 15.8 Å². The minimum absolute atomic E-state index is 0. The van der Waals surface area contributed by atoms with Crippen molar-refractivity contribution in [3.8, 4) is 17.2 Å². The van der Waals surface area contributed by atoms with Crippen molar-refractivity contribution < 1.29 is 9.47 Å². The summed E-state index contributed by atoms with van der Waals surface area (Å²) in [6.07, 6.45) is 6.48. The number of methoxy groups -OCH3 is 1. The fourth-order valence-corrected chi connectivity index (χ4v) is 5.36. The summed E-state index contributed by atoms with van der Waals surface area (Å²) in [5, 5.41) is 3.57. The predicted octanol–water partition coefficient (Wildman–Crippen LogP) is 5.84. The van der Waals surface area contributed by atoms with Gasteiger partial charge < -0.3 is 18.9 Å². The van der Waals surface area contributed by atoms with Crippen LogP contribution in [-0.4, -0.2) is 60.9 Å². The van der Waals surface area contributed by atoms with Crippen LogP contribution in [0.3, 0.4) is 0 Å². The molecule has 0 N–H and O–H groups in total. The van der Waals surface area contributed by atoms with Gasteiger partial charge in [-0.25, -0.2) is 4.98 Å². The zero-order valence-corrected chi connectivity index (χ0v) is 22.5. The summed E-state index contributed by atoms with van der Waals surface area (Å²) in [5.74, 6) is 1.59. The molecule has 0 aliphatic carbocycles. The second-order valence-corrected chi connectivity index (χ2v) is 9.35. The van der Waals surface area contributed by atoms with Gasteiger partial charge in [0.05, 0.1) is 25.7 Å². The summed E-state index contributed by atoms with van der Waals surface area (Å²) < 4.78 is 15.1. The summed E-state index contributed by atoms with van der Waals surface area (Å²) in [5.41, 5.74) is 3.46. The Bertz CT molecular complexity index is 1210. The first-order chi connectivity index (χ1) is 16.2. The molecule has 0 amide bonds. The van der Waals surface area contributed by atoms with Crippen LogP contribution >= 0.6 is 36.2 Å². The van der Waals surface area contributed by atoms with Crippen molar-refractivity contribution in [1.29, 1.82) is 0 Å². The van der Waals surface area contributed by atoms with E-state index >= 15 is 0 Å². The van der Waals surface area contributed by atoms with Gasteiger partial charge in [0, 0.05) is 67.0 Å². The average Bonchev–Trinajstić information content (AvgIpc) is 3.55. The molecule has 0 radical (unpaired) electrons. The molecule has 1 saturated heterocycles. The van der Waals surface area contributed by atoms with Crippen LogP contribution in [0.2, 0.25) is 0 Å².